The fourth-order valence-electron chi connectivity index (χ4n) is 1.72. The standard InChI is InChI=1S/C14H10BrClO3/c1-19-14(18)8-2-3-13(16)12(6-8)9-4-10(15)7-11(17)5-9/h2-7,17H,1H3. The highest BCUT2D eigenvalue weighted by Crippen LogP contribution is 2.33. The monoisotopic (exact) mass is 340 g/mol. The summed E-state index contributed by atoms with van der Waals surface area (Å²) in [4.78, 5) is 11.5. The SMILES string of the molecule is COC(=O)c1ccc(Cl)c(-c2cc(O)cc(Br)c2)c1. The van der Waals surface area contributed by atoms with Crippen molar-refractivity contribution < 1.29 is 14.6 Å². The molecule has 0 spiro atoms. The molecule has 0 aliphatic rings. The number of carbonyl (C=O) groups is 1. The van der Waals surface area contributed by atoms with Gasteiger partial charge in [-0.1, -0.05) is 27.5 Å². The summed E-state index contributed by atoms with van der Waals surface area (Å²) in [6, 6.07) is 9.81. The third-order valence-corrected chi connectivity index (χ3v) is 3.37. The molecule has 19 heavy (non-hydrogen) atoms. The molecule has 0 atom stereocenters. The zero-order chi connectivity index (χ0) is 14.0. The molecule has 0 aromatic heterocycles. The molecule has 0 unspecified atom stereocenters. The van der Waals surface area contributed by atoms with Gasteiger partial charge in [0.25, 0.3) is 0 Å². The number of benzene rings is 2. The van der Waals surface area contributed by atoms with E-state index >= 15 is 0 Å². The van der Waals surface area contributed by atoms with Gasteiger partial charge in [-0.3, -0.25) is 0 Å². The quantitative estimate of drug-likeness (QED) is 0.830. The number of esters is 1. The largest absolute Gasteiger partial charge is 0.508 e. The van der Waals surface area contributed by atoms with Crippen LogP contribution in [0.4, 0.5) is 0 Å². The molecule has 0 radical (unpaired) electrons. The minimum Gasteiger partial charge on any atom is -0.508 e. The first-order chi connectivity index (χ1) is 9.01. The van der Waals surface area contributed by atoms with Crippen LogP contribution in [0.15, 0.2) is 40.9 Å². The Morgan fingerprint density at radius 2 is 2.00 bits per heavy atom. The molecule has 3 nitrogen and oxygen atoms in total. The third kappa shape index (κ3) is 3.08. The first kappa shape index (κ1) is 13.9. The van der Waals surface area contributed by atoms with Gasteiger partial charge >= 0.3 is 5.97 Å². The molecule has 2 aromatic carbocycles. The van der Waals surface area contributed by atoms with Gasteiger partial charge < -0.3 is 9.84 Å². The second kappa shape index (κ2) is 5.63. The van der Waals surface area contributed by atoms with Crippen molar-refractivity contribution in [1.82, 2.24) is 0 Å². The minimum absolute atomic E-state index is 0.115. The molecule has 0 saturated heterocycles. The molecule has 2 rings (SSSR count). The van der Waals surface area contributed by atoms with E-state index in [0.717, 1.165) is 4.47 Å². The summed E-state index contributed by atoms with van der Waals surface area (Å²) in [5, 5.41) is 10.1. The van der Waals surface area contributed by atoms with Gasteiger partial charge in [-0.15, -0.1) is 0 Å². The lowest BCUT2D eigenvalue weighted by atomic mass is 10.0. The van der Waals surface area contributed by atoms with Gasteiger partial charge in [0.1, 0.15) is 5.75 Å². The highest BCUT2D eigenvalue weighted by Gasteiger charge is 2.11. The van der Waals surface area contributed by atoms with Gasteiger partial charge in [-0.25, -0.2) is 4.79 Å². The van der Waals surface area contributed by atoms with Gasteiger partial charge in [0.15, 0.2) is 0 Å². The molecule has 0 aliphatic carbocycles. The van der Waals surface area contributed by atoms with Crippen LogP contribution in [0.1, 0.15) is 10.4 Å². The van der Waals surface area contributed by atoms with E-state index in [9.17, 15) is 9.90 Å². The molecule has 0 aliphatic heterocycles. The first-order valence-corrected chi connectivity index (χ1v) is 6.56. The Hall–Kier alpha value is -1.52. The van der Waals surface area contributed by atoms with Gasteiger partial charge in [0.2, 0.25) is 0 Å². The van der Waals surface area contributed by atoms with E-state index < -0.39 is 5.97 Å². The van der Waals surface area contributed by atoms with Crippen LogP contribution in [0, 0.1) is 0 Å². The van der Waals surface area contributed by atoms with Crippen LogP contribution >= 0.6 is 27.5 Å². The van der Waals surface area contributed by atoms with Crippen LogP contribution in [-0.2, 0) is 4.74 Å². The summed E-state index contributed by atoms with van der Waals surface area (Å²) in [7, 11) is 1.32. The number of ether oxygens (including phenoxy) is 1. The maximum absolute atomic E-state index is 11.5. The van der Waals surface area contributed by atoms with E-state index in [-0.39, 0.29) is 5.75 Å². The number of rotatable bonds is 2. The Labute approximate surface area is 123 Å². The van der Waals surface area contributed by atoms with Crippen molar-refractivity contribution in [3.05, 3.63) is 51.5 Å². The molecular weight excluding hydrogens is 332 g/mol. The topological polar surface area (TPSA) is 46.5 Å². The second-order valence-electron chi connectivity index (χ2n) is 3.88. The number of methoxy groups -OCH3 is 1. The summed E-state index contributed by atoms with van der Waals surface area (Å²) in [5.74, 6) is -0.318. The summed E-state index contributed by atoms with van der Waals surface area (Å²) < 4.78 is 5.40. The van der Waals surface area contributed by atoms with E-state index in [2.05, 4.69) is 20.7 Å². The van der Waals surface area contributed by atoms with Crippen LogP contribution < -0.4 is 0 Å². The lowest BCUT2D eigenvalue weighted by Crippen LogP contribution is -2.01. The van der Waals surface area contributed by atoms with E-state index in [1.807, 2.05) is 6.07 Å². The zero-order valence-electron chi connectivity index (χ0n) is 9.98. The van der Waals surface area contributed by atoms with Crippen molar-refractivity contribution in [2.45, 2.75) is 0 Å². The summed E-state index contributed by atoms with van der Waals surface area (Å²) in [5.41, 5.74) is 1.77. The Kier molecular flexibility index (Phi) is 4.12. The molecule has 0 saturated carbocycles. The van der Waals surface area contributed by atoms with E-state index in [4.69, 9.17) is 11.6 Å². The first-order valence-electron chi connectivity index (χ1n) is 5.39. The van der Waals surface area contributed by atoms with Crippen LogP contribution in [0.3, 0.4) is 0 Å². The van der Waals surface area contributed by atoms with Crippen molar-refractivity contribution >= 4 is 33.5 Å². The fraction of sp³-hybridized carbons (Fsp3) is 0.0714. The molecule has 0 bridgehead atoms. The van der Waals surface area contributed by atoms with Crippen LogP contribution in [0.25, 0.3) is 11.1 Å². The maximum atomic E-state index is 11.5. The Balaban J connectivity index is 2.57. The maximum Gasteiger partial charge on any atom is 0.337 e. The highest BCUT2D eigenvalue weighted by molar-refractivity contribution is 9.10. The predicted molar refractivity (Wildman–Crippen MR) is 77.6 cm³/mol. The predicted octanol–water partition coefficient (Wildman–Crippen LogP) is 4.26. The van der Waals surface area contributed by atoms with Crippen molar-refractivity contribution in [2.75, 3.05) is 7.11 Å². The number of phenolic OH excluding ortho intramolecular Hbond substituents is 1. The number of halogens is 2. The smallest absolute Gasteiger partial charge is 0.337 e. The Morgan fingerprint density at radius 1 is 1.26 bits per heavy atom. The van der Waals surface area contributed by atoms with Gasteiger partial charge in [-0.2, -0.15) is 0 Å². The van der Waals surface area contributed by atoms with E-state index in [0.29, 0.717) is 21.7 Å². The third-order valence-electron chi connectivity index (χ3n) is 2.58. The normalized spacial score (nSPS) is 10.3. The second-order valence-corrected chi connectivity index (χ2v) is 5.21. The van der Waals surface area contributed by atoms with Crippen molar-refractivity contribution in [2.24, 2.45) is 0 Å². The molecule has 5 heteroatoms. The molecule has 0 heterocycles. The van der Waals surface area contributed by atoms with Crippen molar-refractivity contribution in [3.8, 4) is 16.9 Å². The number of phenols is 1. The van der Waals surface area contributed by atoms with Crippen molar-refractivity contribution in [3.63, 3.8) is 0 Å². The Morgan fingerprint density at radius 3 is 2.63 bits per heavy atom. The summed E-state index contributed by atoms with van der Waals surface area (Å²) in [6.07, 6.45) is 0. The zero-order valence-corrected chi connectivity index (χ0v) is 12.3. The van der Waals surface area contributed by atoms with Gasteiger partial charge in [-0.05, 0) is 42.0 Å². The lowest BCUT2D eigenvalue weighted by Gasteiger charge is -2.08. The molecule has 0 fully saturated rings. The Bertz CT molecular complexity index is 620. The van der Waals surface area contributed by atoms with Crippen LogP contribution in [-0.4, -0.2) is 18.2 Å². The molecule has 1 N–H and O–H groups in total. The van der Waals surface area contributed by atoms with Crippen molar-refractivity contribution in [1.29, 1.82) is 0 Å². The van der Waals surface area contributed by atoms with Gasteiger partial charge in [0, 0.05) is 15.1 Å². The fourth-order valence-corrected chi connectivity index (χ4v) is 2.43. The number of aromatic hydroxyl groups is 1. The van der Waals surface area contributed by atoms with Crippen LogP contribution in [0.5, 0.6) is 5.75 Å². The summed E-state index contributed by atoms with van der Waals surface area (Å²) in [6.45, 7) is 0. The van der Waals surface area contributed by atoms with E-state index in [1.54, 1.807) is 30.3 Å². The van der Waals surface area contributed by atoms with Gasteiger partial charge in [0.05, 0.1) is 12.7 Å². The van der Waals surface area contributed by atoms with Crippen LogP contribution in [0.2, 0.25) is 5.02 Å². The number of hydrogen-bond donors (Lipinski definition) is 1. The average molecular weight is 342 g/mol. The number of hydrogen-bond acceptors (Lipinski definition) is 3. The number of carbonyl (C=O) groups excluding carboxylic acids is 1. The highest BCUT2D eigenvalue weighted by atomic mass is 79.9. The molecular formula is C14H10BrClO3. The molecule has 2 aromatic rings. The summed E-state index contributed by atoms with van der Waals surface area (Å²) >= 11 is 9.44. The average Bonchev–Trinajstić information content (AvgIpc) is 2.37. The minimum atomic E-state index is -0.433. The molecule has 98 valence electrons. The lowest BCUT2D eigenvalue weighted by molar-refractivity contribution is 0.0601. The van der Waals surface area contributed by atoms with E-state index in [1.165, 1.54) is 7.11 Å². The molecule has 0 amide bonds.